The van der Waals surface area contributed by atoms with Crippen LogP contribution in [0.25, 0.3) is 0 Å². The van der Waals surface area contributed by atoms with Gasteiger partial charge in [0, 0.05) is 38.8 Å². The zero-order valence-electron chi connectivity index (χ0n) is 16.7. The highest BCUT2D eigenvalue weighted by Gasteiger charge is 2.16. The van der Waals surface area contributed by atoms with E-state index in [0.717, 1.165) is 24.2 Å². The maximum atomic E-state index is 12.4. The molecule has 152 valence electrons. The van der Waals surface area contributed by atoms with Gasteiger partial charge in [-0.05, 0) is 44.0 Å². The van der Waals surface area contributed by atoms with Gasteiger partial charge in [0.2, 0.25) is 15.9 Å². The first-order valence-corrected chi connectivity index (χ1v) is 10.9. The smallest absolute Gasteiger partial charge is 0.240 e. The van der Waals surface area contributed by atoms with E-state index in [-0.39, 0.29) is 23.8 Å². The number of amides is 1. The van der Waals surface area contributed by atoms with Crippen LogP contribution in [0.15, 0.2) is 53.4 Å². The quantitative estimate of drug-likeness (QED) is 0.598. The van der Waals surface area contributed by atoms with Crippen molar-refractivity contribution in [2.24, 2.45) is 0 Å². The lowest BCUT2D eigenvalue weighted by atomic mass is 10.2. The maximum absolute atomic E-state index is 12.4. The summed E-state index contributed by atoms with van der Waals surface area (Å²) in [5, 5.41) is 2.83. The molecule has 0 heterocycles. The highest BCUT2D eigenvalue weighted by Crippen LogP contribution is 2.16. The summed E-state index contributed by atoms with van der Waals surface area (Å²) in [6.07, 6.45) is 0.921. The van der Waals surface area contributed by atoms with Gasteiger partial charge in [-0.1, -0.05) is 35.9 Å². The Morgan fingerprint density at radius 2 is 1.75 bits per heavy atom. The van der Waals surface area contributed by atoms with Crippen LogP contribution in [-0.4, -0.2) is 41.0 Å². The van der Waals surface area contributed by atoms with Crippen LogP contribution in [0.1, 0.15) is 24.0 Å². The minimum absolute atomic E-state index is 0.0748. The number of para-hydroxylation sites is 1. The van der Waals surface area contributed by atoms with Crippen molar-refractivity contribution in [3.8, 4) is 0 Å². The molecule has 0 aliphatic carbocycles. The molecule has 0 radical (unpaired) electrons. The van der Waals surface area contributed by atoms with Gasteiger partial charge in [0.1, 0.15) is 0 Å². The molecule has 0 aromatic heterocycles. The molecule has 0 unspecified atom stereocenters. The topological polar surface area (TPSA) is 78.5 Å². The molecule has 1 amide bonds. The van der Waals surface area contributed by atoms with E-state index in [4.69, 9.17) is 0 Å². The fourth-order valence-electron chi connectivity index (χ4n) is 2.92. The van der Waals surface area contributed by atoms with Gasteiger partial charge in [-0.15, -0.1) is 0 Å². The standard InChI is InChI=1S/C21H29N3O3S/c1-17-10-11-20(18(2)16-17)28(26,27)23-14-12-21(25)22-13-7-15-24(3)19-8-5-4-6-9-19/h4-6,8-11,16,23H,7,12-15H2,1-3H3,(H,22,25). The minimum atomic E-state index is -3.61. The molecule has 2 aromatic rings. The van der Waals surface area contributed by atoms with Gasteiger partial charge in [0.25, 0.3) is 0 Å². The number of nitrogens with zero attached hydrogens (tertiary/aromatic N) is 1. The number of nitrogens with one attached hydrogen (secondary N) is 2. The van der Waals surface area contributed by atoms with Crippen LogP contribution in [0.3, 0.4) is 0 Å². The fraction of sp³-hybridized carbons (Fsp3) is 0.381. The number of rotatable bonds is 10. The summed E-state index contributed by atoms with van der Waals surface area (Å²) >= 11 is 0. The number of carbonyl (C=O) groups excluding carboxylic acids is 1. The molecular formula is C21H29N3O3S. The maximum Gasteiger partial charge on any atom is 0.240 e. The molecule has 0 atom stereocenters. The largest absolute Gasteiger partial charge is 0.375 e. The van der Waals surface area contributed by atoms with Crippen molar-refractivity contribution < 1.29 is 13.2 Å². The molecule has 0 fully saturated rings. The Bertz CT molecular complexity index is 883. The van der Waals surface area contributed by atoms with Crippen LogP contribution in [0, 0.1) is 13.8 Å². The Hall–Kier alpha value is -2.38. The molecule has 0 bridgehead atoms. The molecule has 0 saturated heterocycles. The average Bonchev–Trinajstić information content (AvgIpc) is 2.65. The number of hydrogen-bond acceptors (Lipinski definition) is 4. The molecule has 0 aliphatic rings. The summed E-state index contributed by atoms with van der Waals surface area (Å²) in [7, 11) is -1.59. The molecule has 2 aromatic carbocycles. The Morgan fingerprint density at radius 3 is 2.43 bits per heavy atom. The van der Waals surface area contributed by atoms with Crippen molar-refractivity contribution in [2.45, 2.75) is 31.6 Å². The van der Waals surface area contributed by atoms with E-state index >= 15 is 0 Å². The summed E-state index contributed by atoms with van der Waals surface area (Å²) in [6.45, 7) is 5.13. The van der Waals surface area contributed by atoms with E-state index in [1.807, 2.05) is 50.4 Å². The predicted molar refractivity (Wildman–Crippen MR) is 113 cm³/mol. The highest BCUT2D eigenvalue weighted by molar-refractivity contribution is 7.89. The highest BCUT2D eigenvalue weighted by atomic mass is 32.2. The molecule has 2 N–H and O–H groups in total. The van der Waals surface area contributed by atoms with Crippen LogP contribution in [-0.2, 0) is 14.8 Å². The van der Waals surface area contributed by atoms with E-state index in [1.54, 1.807) is 19.1 Å². The number of carbonyl (C=O) groups is 1. The summed E-state index contributed by atoms with van der Waals surface area (Å²) in [6, 6.07) is 15.2. The van der Waals surface area contributed by atoms with Crippen LogP contribution in [0.2, 0.25) is 0 Å². The third kappa shape index (κ3) is 6.65. The lowest BCUT2D eigenvalue weighted by Gasteiger charge is -2.19. The molecule has 7 heteroatoms. The van der Waals surface area contributed by atoms with Crippen molar-refractivity contribution in [3.05, 3.63) is 59.7 Å². The van der Waals surface area contributed by atoms with Gasteiger partial charge in [-0.25, -0.2) is 13.1 Å². The van der Waals surface area contributed by atoms with E-state index in [9.17, 15) is 13.2 Å². The average molecular weight is 404 g/mol. The van der Waals surface area contributed by atoms with Crippen LogP contribution in [0.5, 0.6) is 0 Å². The van der Waals surface area contributed by atoms with E-state index < -0.39 is 10.0 Å². The van der Waals surface area contributed by atoms with E-state index in [2.05, 4.69) is 14.9 Å². The molecule has 6 nitrogen and oxygen atoms in total. The molecule has 0 spiro atoms. The first-order chi connectivity index (χ1) is 13.3. The predicted octanol–water partition coefficient (Wildman–Crippen LogP) is 2.61. The van der Waals surface area contributed by atoms with Crippen LogP contribution < -0.4 is 14.9 Å². The number of aryl methyl sites for hydroxylation is 2. The van der Waals surface area contributed by atoms with Crippen molar-refractivity contribution in [1.82, 2.24) is 10.0 Å². The van der Waals surface area contributed by atoms with Crippen LogP contribution >= 0.6 is 0 Å². The van der Waals surface area contributed by atoms with Gasteiger partial charge in [-0.2, -0.15) is 0 Å². The molecule has 0 saturated carbocycles. The SMILES string of the molecule is Cc1ccc(S(=O)(=O)NCCC(=O)NCCCN(C)c2ccccc2)c(C)c1. The fourth-order valence-corrected chi connectivity index (χ4v) is 4.18. The first-order valence-electron chi connectivity index (χ1n) is 9.39. The Balaban J connectivity index is 1.68. The van der Waals surface area contributed by atoms with E-state index in [1.165, 1.54) is 0 Å². The Labute approximate surface area is 168 Å². The summed E-state index contributed by atoms with van der Waals surface area (Å²) < 4.78 is 27.2. The number of hydrogen-bond donors (Lipinski definition) is 2. The Kier molecular flexibility index (Phi) is 8.02. The zero-order chi connectivity index (χ0) is 20.6. The van der Waals surface area contributed by atoms with Gasteiger partial charge in [0.05, 0.1) is 4.90 Å². The second-order valence-corrected chi connectivity index (χ2v) is 8.61. The molecule has 2 rings (SSSR count). The number of anilines is 1. The van der Waals surface area contributed by atoms with Gasteiger partial charge >= 0.3 is 0 Å². The van der Waals surface area contributed by atoms with Gasteiger partial charge in [0.15, 0.2) is 0 Å². The lowest BCUT2D eigenvalue weighted by Crippen LogP contribution is -2.32. The van der Waals surface area contributed by atoms with Gasteiger partial charge < -0.3 is 10.2 Å². The zero-order valence-corrected chi connectivity index (χ0v) is 17.6. The van der Waals surface area contributed by atoms with Crippen molar-refractivity contribution in [3.63, 3.8) is 0 Å². The normalized spacial score (nSPS) is 11.2. The third-order valence-electron chi connectivity index (χ3n) is 4.45. The monoisotopic (exact) mass is 403 g/mol. The van der Waals surface area contributed by atoms with E-state index in [0.29, 0.717) is 12.1 Å². The summed E-state index contributed by atoms with van der Waals surface area (Å²) in [5.41, 5.74) is 2.84. The first kappa shape index (κ1) is 21.9. The minimum Gasteiger partial charge on any atom is -0.375 e. The van der Waals surface area contributed by atoms with Crippen LogP contribution in [0.4, 0.5) is 5.69 Å². The molecule has 0 aliphatic heterocycles. The van der Waals surface area contributed by atoms with Crippen molar-refractivity contribution >= 4 is 21.6 Å². The molecule has 28 heavy (non-hydrogen) atoms. The second-order valence-electron chi connectivity index (χ2n) is 6.88. The van der Waals surface area contributed by atoms with Gasteiger partial charge in [-0.3, -0.25) is 4.79 Å². The Morgan fingerprint density at radius 1 is 1.04 bits per heavy atom. The number of sulfonamides is 1. The third-order valence-corrected chi connectivity index (χ3v) is 6.07. The van der Waals surface area contributed by atoms with Crippen molar-refractivity contribution in [1.29, 1.82) is 0 Å². The molecular weight excluding hydrogens is 374 g/mol. The van der Waals surface area contributed by atoms with Crippen molar-refractivity contribution in [2.75, 3.05) is 31.6 Å². The number of benzene rings is 2. The summed E-state index contributed by atoms with van der Waals surface area (Å²) in [4.78, 5) is 14.3. The summed E-state index contributed by atoms with van der Waals surface area (Å²) in [5.74, 6) is -0.161. The lowest BCUT2D eigenvalue weighted by molar-refractivity contribution is -0.120. The second kappa shape index (κ2) is 10.2.